The third-order valence-corrected chi connectivity index (χ3v) is 3.25. The molecule has 1 rings (SSSR count). The molecule has 0 aliphatic rings. The average Bonchev–Trinajstić information content (AvgIpc) is 2.30. The highest BCUT2D eigenvalue weighted by molar-refractivity contribution is 9.10. The summed E-state index contributed by atoms with van der Waals surface area (Å²) in [4.78, 5) is 0. The molecule has 2 N–H and O–H groups in total. The number of hydrogen-bond acceptors (Lipinski definition) is 2. The lowest BCUT2D eigenvalue weighted by atomic mass is 10.1. The van der Waals surface area contributed by atoms with Gasteiger partial charge in [-0.3, -0.25) is 0 Å². The van der Waals surface area contributed by atoms with Crippen LogP contribution >= 0.6 is 15.9 Å². The van der Waals surface area contributed by atoms with E-state index in [1.165, 1.54) is 24.0 Å². The summed E-state index contributed by atoms with van der Waals surface area (Å²) < 4.78 is 1.16. The first-order valence-corrected chi connectivity index (χ1v) is 7.19. The number of rotatable bonds is 8. The molecule has 0 aromatic heterocycles. The van der Waals surface area contributed by atoms with Gasteiger partial charge in [0.15, 0.2) is 0 Å². The maximum absolute atomic E-state index is 3.48. The molecule has 0 spiro atoms. The van der Waals surface area contributed by atoms with Crippen LogP contribution in [0, 0.1) is 6.92 Å². The molecule has 1 aromatic carbocycles. The Morgan fingerprint density at radius 2 is 1.88 bits per heavy atom. The quantitative estimate of drug-likeness (QED) is 0.720. The first-order valence-electron chi connectivity index (χ1n) is 6.40. The largest absolute Gasteiger partial charge is 0.317 e. The molecule has 0 unspecified atom stereocenters. The average molecular weight is 299 g/mol. The van der Waals surface area contributed by atoms with Crippen molar-refractivity contribution in [3.05, 3.63) is 33.8 Å². The van der Waals surface area contributed by atoms with E-state index in [9.17, 15) is 0 Å². The molecule has 2 nitrogen and oxygen atoms in total. The van der Waals surface area contributed by atoms with Crippen LogP contribution in [0.15, 0.2) is 22.7 Å². The predicted octanol–water partition coefficient (Wildman–Crippen LogP) is 3.24. The molecule has 17 heavy (non-hydrogen) atoms. The van der Waals surface area contributed by atoms with Crippen molar-refractivity contribution in [2.24, 2.45) is 0 Å². The van der Waals surface area contributed by atoms with Crippen LogP contribution in [0.1, 0.15) is 30.9 Å². The summed E-state index contributed by atoms with van der Waals surface area (Å²) in [5.74, 6) is 0. The fourth-order valence-electron chi connectivity index (χ4n) is 1.72. The van der Waals surface area contributed by atoms with Gasteiger partial charge in [0.2, 0.25) is 0 Å². The summed E-state index contributed by atoms with van der Waals surface area (Å²) in [5, 5.41) is 6.89. The van der Waals surface area contributed by atoms with E-state index < -0.39 is 0 Å². The van der Waals surface area contributed by atoms with Crippen LogP contribution < -0.4 is 10.6 Å². The van der Waals surface area contributed by atoms with Gasteiger partial charge in [-0.25, -0.2) is 0 Å². The second-order valence-electron chi connectivity index (χ2n) is 4.35. The highest BCUT2D eigenvalue weighted by atomic mass is 79.9. The van der Waals surface area contributed by atoms with Crippen LogP contribution in [0.3, 0.4) is 0 Å². The van der Waals surface area contributed by atoms with Gasteiger partial charge >= 0.3 is 0 Å². The van der Waals surface area contributed by atoms with Crippen LogP contribution in [-0.4, -0.2) is 19.6 Å². The molecule has 0 amide bonds. The van der Waals surface area contributed by atoms with E-state index in [1.54, 1.807) is 0 Å². The smallest absolute Gasteiger partial charge is 0.0208 e. The summed E-state index contributed by atoms with van der Waals surface area (Å²) in [5.41, 5.74) is 2.73. The van der Waals surface area contributed by atoms with Crippen molar-refractivity contribution < 1.29 is 0 Å². The second-order valence-corrected chi connectivity index (χ2v) is 5.27. The normalized spacial score (nSPS) is 10.8. The van der Waals surface area contributed by atoms with Gasteiger partial charge in [-0.15, -0.1) is 0 Å². The van der Waals surface area contributed by atoms with E-state index in [4.69, 9.17) is 0 Å². The summed E-state index contributed by atoms with van der Waals surface area (Å²) in [6, 6.07) is 6.45. The standard InChI is InChI=1S/C14H23BrN2/c1-3-7-16-8-4-9-17-11-13-5-6-14(15)10-12(13)2/h5-6,10,16-17H,3-4,7-9,11H2,1-2H3. The highest BCUT2D eigenvalue weighted by Crippen LogP contribution is 2.15. The van der Waals surface area contributed by atoms with E-state index in [-0.39, 0.29) is 0 Å². The van der Waals surface area contributed by atoms with Gasteiger partial charge < -0.3 is 10.6 Å². The van der Waals surface area contributed by atoms with Crippen molar-refractivity contribution in [2.75, 3.05) is 19.6 Å². The molecule has 0 aliphatic heterocycles. The Kier molecular flexibility index (Phi) is 7.49. The Bertz CT molecular complexity index is 326. The minimum absolute atomic E-state index is 0.965. The topological polar surface area (TPSA) is 24.1 Å². The van der Waals surface area contributed by atoms with E-state index in [2.05, 4.69) is 58.6 Å². The van der Waals surface area contributed by atoms with Gasteiger partial charge in [0.1, 0.15) is 0 Å². The number of aryl methyl sites for hydroxylation is 1. The van der Waals surface area contributed by atoms with E-state index >= 15 is 0 Å². The fourth-order valence-corrected chi connectivity index (χ4v) is 2.20. The Balaban J connectivity index is 2.14. The first-order chi connectivity index (χ1) is 8.24. The van der Waals surface area contributed by atoms with Crippen LogP contribution in [0.2, 0.25) is 0 Å². The molecule has 0 aliphatic carbocycles. The number of nitrogens with one attached hydrogen (secondary N) is 2. The Labute approximate surface area is 113 Å². The molecular formula is C14H23BrN2. The van der Waals surface area contributed by atoms with Crippen molar-refractivity contribution in [3.8, 4) is 0 Å². The van der Waals surface area contributed by atoms with E-state index in [0.717, 1.165) is 30.7 Å². The van der Waals surface area contributed by atoms with Crippen molar-refractivity contribution in [1.82, 2.24) is 10.6 Å². The first kappa shape index (κ1) is 14.7. The summed E-state index contributed by atoms with van der Waals surface area (Å²) in [6.07, 6.45) is 2.40. The molecule has 0 bridgehead atoms. The van der Waals surface area contributed by atoms with Crippen molar-refractivity contribution in [3.63, 3.8) is 0 Å². The fraction of sp³-hybridized carbons (Fsp3) is 0.571. The van der Waals surface area contributed by atoms with Crippen LogP contribution in [0.25, 0.3) is 0 Å². The second kappa shape index (κ2) is 8.67. The Hall–Kier alpha value is -0.380. The highest BCUT2D eigenvalue weighted by Gasteiger charge is 1.98. The Morgan fingerprint density at radius 1 is 1.12 bits per heavy atom. The minimum Gasteiger partial charge on any atom is -0.317 e. The third kappa shape index (κ3) is 6.20. The van der Waals surface area contributed by atoms with Gasteiger partial charge in [-0.05, 0) is 62.7 Å². The SMILES string of the molecule is CCCNCCCNCc1ccc(Br)cc1C. The molecule has 3 heteroatoms. The minimum atomic E-state index is 0.965. The van der Waals surface area contributed by atoms with Crippen molar-refractivity contribution >= 4 is 15.9 Å². The van der Waals surface area contributed by atoms with Crippen LogP contribution in [0.4, 0.5) is 0 Å². The third-order valence-electron chi connectivity index (χ3n) is 2.75. The molecule has 0 saturated carbocycles. The monoisotopic (exact) mass is 298 g/mol. The lowest BCUT2D eigenvalue weighted by molar-refractivity contribution is 0.591. The summed E-state index contributed by atoms with van der Waals surface area (Å²) >= 11 is 3.48. The van der Waals surface area contributed by atoms with E-state index in [0.29, 0.717) is 0 Å². The molecular weight excluding hydrogens is 276 g/mol. The van der Waals surface area contributed by atoms with Crippen molar-refractivity contribution in [2.45, 2.75) is 33.2 Å². The van der Waals surface area contributed by atoms with Crippen molar-refractivity contribution in [1.29, 1.82) is 0 Å². The molecule has 1 aromatic rings. The number of halogens is 1. The number of hydrogen-bond donors (Lipinski definition) is 2. The van der Waals surface area contributed by atoms with Gasteiger partial charge in [0.05, 0.1) is 0 Å². The maximum Gasteiger partial charge on any atom is 0.0208 e. The van der Waals surface area contributed by atoms with Crippen LogP contribution in [0.5, 0.6) is 0 Å². The lowest BCUT2D eigenvalue weighted by Gasteiger charge is -2.08. The van der Waals surface area contributed by atoms with Gasteiger partial charge in [-0.1, -0.05) is 28.9 Å². The predicted molar refractivity (Wildman–Crippen MR) is 78.4 cm³/mol. The summed E-state index contributed by atoms with van der Waals surface area (Å²) in [6.45, 7) is 8.64. The van der Waals surface area contributed by atoms with Gasteiger partial charge in [0.25, 0.3) is 0 Å². The number of benzene rings is 1. The Morgan fingerprint density at radius 3 is 2.59 bits per heavy atom. The zero-order valence-electron chi connectivity index (χ0n) is 10.9. The van der Waals surface area contributed by atoms with Gasteiger partial charge in [0, 0.05) is 11.0 Å². The zero-order chi connectivity index (χ0) is 12.5. The molecule has 96 valence electrons. The zero-order valence-corrected chi connectivity index (χ0v) is 12.4. The van der Waals surface area contributed by atoms with Crippen LogP contribution in [-0.2, 0) is 6.54 Å². The molecule has 0 radical (unpaired) electrons. The van der Waals surface area contributed by atoms with E-state index in [1.807, 2.05) is 0 Å². The lowest BCUT2D eigenvalue weighted by Crippen LogP contribution is -2.22. The maximum atomic E-state index is 3.48. The summed E-state index contributed by atoms with van der Waals surface area (Å²) in [7, 11) is 0. The molecule has 0 heterocycles. The molecule has 0 saturated heterocycles. The van der Waals surface area contributed by atoms with Gasteiger partial charge in [-0.2, -0.15) is 0 Å². The molecule has 0 fully saturated rings. The molecule has 0 atom stereocenters.